The molecule has 0 radical (unpaired) electrons. The first-order valence-corrected chi connectivity index (χ1v) is 5.28. The molecule has 0 amide bonds. The first-order chi connectivity index (χ1) is 6.38. The Labute approximate surface area is 106 Å². The predicted molar refractivity (Wildman–Crippen MR) is 57.2 cm³/mol. The van der Waals surface area contributed by atoms with Crippen molar-refractivity contribution in [2.45, 2.75) is 32.1 Å². The van der Waals surface area contributed by atoms with E-state index in [0.717, 1.165) is 0 Å². The fourth-order valence-corrected chi connectivity index (χ4v) is 2.23. The van der Waals surface area contributed by atoms with Crippen LogP contribution in [0.2, 0.25) is 0 Å². The van der Waals surface area contributed by atoms with Crippen LogP contribution in [0.15, 0.2) is 35.5 Å². The summed E-state index contributed by atoms with van der Waals surface area (Å²) in [5, 5.41) is 0. The molecule has 0 saturated heterocycles. The van der Waals surface area contributed by atoms with Gasteiger partial charge in [0.2, 0.25) is 0 Å². The zero-order chi connectivity index (χ0) is 9.10. The van der Waals surface area contributed by atoms with Crippen molar-refractivity contribution in [2.75, 3.05) is 0 Å². The van der Waals surface area contributed by atoms with Gasteiger partial charge in [0.05, 0.1) is 0 Å². The van der Waals surface area contributed by atoms with E-state index >= 15 is 0 Å². The van der Waals surface area contributed by atoms with Gasteiger partial charge in [-0.3, -0.25) is 0 Å². The van der Waals surface area contributed by atoms with Crippen molar-refractivity contribution in [3.05, 3.63) is 42.4 Å². The minimum absolute atomic E-state index is 0. The Morgan fingerprint density at radius 3 is 2.43 bits per heavy atom. The molecule has 0 aliphatic heterocycles. The van der Waals surface area contributed by atoms with Crippen LogP contribution in [0.5, 0.6) is 0 Å². The molecule has 0 aromatic heterocycles. The Balaban J connectivity index is 0.000000980. The molecule has 74 valence electrons. The first-order valence-electron chi connectivity index (χ1n) is 5.28. The summed E-state index contributed by atoms with van der Waals surface area (Å²) in [7, 11) is 0. The standard InChI is InChI=1S/C13H17.Hf/c1-11-7-5-6-10-13(11)12-8-3-2-4-9-12;/h5-7,10-11H,1-4,8-9H2;/q-1;. The van der Waals surface area contributed by atoms with Crippen molar-refractivity contribution in [3.8, 4) is 0 Å². The average molecular weight is 352 g/mol. The third-order valence-corrected chi connectivity index (χ3v) is 3.00. The largest absolute Gasteiger partial charge is 0.332 e. The zero-order valence-electron chi connectivity index (χ0n) is 8.63. The number of rotatable bonds is 0. The van der Waals surface area contributed by atoms with E-state index in [1.54, 1.807) is 5.57 Å². The Kier molecular flexibility index (Phi) is 5.08. The molecule has 1 fully saturated rings. The van der Waals surface area contributed by atoms with Gasteiger partial charge in [0.1, 0.15) is 0 Å². The van der Waals surface area contributed by atoms with Crippen molar-refractivity contribution >= 4 is 0 Å². The van der Waals surface area contributed by atoms with E-state index in [9.17, 15) is 0 Å². The van der Waals surface area contributed by atoms with Crippen LogP contribution in [0.4, 0.5) is 0 Å². The maximum Gasteiger partial charge on any atom is 0 e. The summed E-state index contributed by atoms with van der Waals surface area (Å²) in [5.74, 6) is 0.401. The van der Waals surface area contributed by atoms with Gasteiger partial charge in [0, 0.05) is 25.8 Å². The molecule has 0 bridgehead atoms. The number of hydrogen-bond donors (Lipinski definition) is 0. The molecule has 1 unspecified atom stereocenters. The van der Waals surface area contributed by atoms with Gasteiger partial charge in [0.15, 0.2) is 0 Å². The molecular weight excluding hydrogens is 335 g/mol. The van der Waals surface area contributed by atoms with Crippen molar-refractivity contribution in [2.24, 2.45) is 5.92 Å². The van der Waals surface area contributed by atoms with Crippen LogP contribution < -0.4 is 0 Å². The molecule has 1 atom stereocenters. The van der Waals surface area contributed by atoms with Crippen LogP contribution in [0, 0.1) is 12.8 Å². The predicted octanol–water partition coefficient (Wildman–Crippen LogP) is 3.82. The fourth-order valence-electron chi connectivity index (χ4n) is 2.23. The molecule has 0 aromatic rings. The zero-order valence-corrected chi connectivity index (χ0v) is 12.2. The van der Waals surface area contributed by atoms with Gasteiger partial charge in [0.25, 0.3) is 0 Å². The summed E-state index contributed by atoms with van der Waals surface area (Å²) in [6.45, 7) is 4.16. The van der Waals surface area contributed by atoms with E-state index in [2.05, 4.69) is 31.2 Å². The van der Waals surface area contributed by atoms with Crippen LogP contribution in [-0.2, 0) is 25.8 Å². The summed E-state index contributed by atoms with van der Waals surface area (Å²) in [5.41, 5.74) is 3.15. The van der Waals surface area contributed by atoms with Crippen LogP contribution in [0.3, 0.4) is 0 Å². The Morgan fingerprint density at radius 1 is 1.07 bits per heavy atom. The van der Waals surface area contributed by atoms with Crippen molar-refractivity contribution in [1.29, 1.82) is 0 Å². The molecule has 2 aliphatic carbocycles. The van der Waals surface area contributed by atoms with Gasteiger partial charge in [-0.2, -0.15) is 0 Å². The smallest absolute Gasteiger partial charge is 0 e. The van der Waals surface area contributed by atoms with Crippen molar-refractivity contribution in [3.63, 3.8) is 0 Å². The molecule has 0 N–H and O–H groups in total. The number of allylic oxidation sites excluding steroid dienone is 6. The molecule has 1 heteroatoms. The summed E-state index contributed by atoms with van der Waals surface area (Å²) < 4.78 is 0. The van der Waals surface area contributed by atoms with E-state index in [1.807, 2.05) is 0 Å². The van der Waals surface area contributed by atoms with Crippen LogP contribution in [0.1, 0.15) is 32.1 Å². The van der Waals surface area contributed by atoms with Gasteiger partial charge in [-0.25, -0.2) is 0 Å². The molecule has 0 aromatic carbocycles. The average Bonchev–Trinajstić information content (AvgIpc) is 2.20. The van der Waals surface area contributed by atoms with E-state index in [0.29, 0.717) is 5.92 Å². The van der Waals surface area contributed by atoms with Gasteiger partial charge in [-0.05, 0) is 25.7 Å². The second-order valence-electron chi connectivity index (χ2n) is 3.97. The SMILES string of the molecule is [CH2-]C1C=CC=CC1=C1CCCCC1.[Hf]. The quantitative estimate of drug-likeness (QED) is 0.460. The van der Waals surface area contributed by atoms with E-state index < -0.39 is 0 Å². The Bertz CT molecular complexity index is 263. The summed E-state index contributed by atoms with van der Waals surface area (Å²) in [6, 6.07) is 0. The first kappa shape index (κ1) is 12.2. The minimum atomic E-state index is 0. The molecular formula is C13H17Hf-. The Hall–Kier alpha value is 0.0901. The van der Waals surface area contributed by atoms with Crippen molar-refractivity contribution in [1.82, 2.24) is 0 Å². The van der Waals surface area contributed by atoms with Gasteiger partial charge in [-0.15, -0.1) is 12.0 Å². The third kappa shape index (κ3) is 2.79. The Morgan fingerprint density at radius 2 is 1.79 bits per heavy atom. The van der Waals surface area contributed by atoms with Crippen LogP contribution in [-0.4, -0.2) is 0 Å². The maximum atomic E-state index is 4.16. The maximum absolute atomic E-state index is 4.16. The molecule has 2 aliphatic rings. The summed E-state index contributed by atoms with van der Waals surface area (Å²) in [4.78, 5) is 0. The number of hydrogen-bond acceptors (Lipinski definition) is 0. The minimum Gasteiger partial charge on any atom is -0.332 e. The molecule has 0 spiro atoms. The molecule has 1 saturated carbocycles. The normalized spacial score (nSPS) is 26.2. The van der Waals surface area contributed by atoms with E-state index in [4.69, 9.17) is 0 Å². The summed E-state index contributed by atoms with van der Waals surface area (Å²) >= 11 is 0. The van der Waals surface area contributed by atoms with E-state index in [-0.39, 0.29) is 25.8 Å². The second-order valence-corrected chi connectivity index (χ2v) is 3.97. The molecule has 2 rings (SSSR count). The van der Waals surface area contributed by atoms with Gasteiger partial charge in [-0.1, -0.05) is 35.8 Å². The third-order valence-electron chi connectivity index (χ3n) is 3.00. The monoisotopic (exact) mass is 353 g/mol. The van der Waals surface area contributed by atoms with Crippen LogP contribution in [0.25, 0.3) is 0 Å². The molecule has 0 nitrogen and oxygen atoms in total. The van der Waals surface area contributed by atoms with Crippen LogP contribution >= 0.6 is 0 Å². The molecule has 14 heavy (non-hydrogen) atoms. The van der Waals surface area contributed by atoms with E-state index in [1.165, 1.54) is 37.7 Å². The second kappa shape index (κ2) is 5.85. The molecule has 0 heterocycles. The van der Waals surface area contributed by atoms with Gasteiger partial charge >= 0.3 is 0 Å². The van der Waals surface area contributed by atoms with Gasteiger partial charge < -0.3 is 6.92 Å². The summed E-state index contributed by atoms with van der Waals surface area (Å²) in [6.07, 6.45) is 15.5. The topological polar surface area (TPSA) is 0 Å². The fraction of sp³-hybridized carbons (Fsp3) is 0.462. The van der Waals surface area contributed by atoms with Crippen molar-refractivity contribution < 1.29 is 25.8 Å².